The minimum atomic E-state index is -0.858. The van der Waals surface area contributed by atoms with Crippen LogP contribution in [0.5, 0.6) is 0 Å². The standard InChI is InChI=1S/C18H25NO3/c1-19(12-11-18(21)22)17(20)13-14-7-9-16(10-8-14)15-5-3-2-4-6-15/h2-6,14,16H,7-13H2,1H3,(H,21,22). The van der Waals surface area contributed by atoms with E-state index in [-0.39, 0.29) is 12.3 Å². The van der Waals surface area contributed by atoms with E-state index in [2.05, 4.69) is 24.3 Å². The van der Waals surface area contributed by atoms with Crippen LogP contribution in [0.1, 0.15) is 50.0 Å². The van der Waals surface area contributed by atoms with Gasteiger partial charge in [-0.2, -0.15) is 0 Å². The van der Waals surface area contributed by atoms with Gasteiger partial charge >= 0.3 is 5.97 Å². The van der Waals surface area contributed by atoms with Crippen molar-refractivity contribution in [3.63, 3.8) is 0 Å². The molecule has 0 saturated heterocycles. The van der Waals surface area contributed by atoms with E-state index in [4.69, 9.17) is 5.11 Å². The second-order valence-electron chi connectivity index (χ2n) is 6.29. The fraction of sp³-hybridized carbons (Fsp3) is 0.556. The fourth-order valence-electron chi connectivity index (χ4n) is 3.22. The number of carbonyl (C=O) groups excluding carboxylic acids is 1. The van der Waals surface area contributed by atoms with E-state index in [0.29, 0.717) is 24.8 Å². The number of amides is 1. The van der Waals surface area contributed by atoms with Crippen molar-refractivity contribution in [2.75, 3.05) is 13.6 Å². The van der Waals surface area contributed by atoms with Crippen molar-refractivity contribution in [2.24, 2.45) is 5.92 Å². The highest BCUT2D eigenvalue weighted by atomic mass is 16.4. The predicted octanol–water partition coefficient (Wildman–Crippen LogP) is 3.28. The highest BCUT2D eigenvalue weighted by Gasteiger charge is 2.25. The molecule has 0 aromatic heterocycles. The third kappa shape index (κ3) is 4.86. The first-order valence-corrected chi connectivity index (χ1v) is 8.07. The van der Waals surface area contributed by atoms with Crippen LogP contribution in [0, 0.1) is 5.92 Å². The van der Waals surface area contributed by atoms with Gasteiger partial charge in [-0.1, -0.05) is 30.3 Å². The Kier molecular flexibility index (Phi) is 5.99. The molecule has 1 amide bonds. The SMILES string of the molecule is CN(CCC(=O)O)C(=O)CC1CCC(c2ccccc2)CC1. The Labute approximate surface area is 132 Å². The smallest absolute Gasteiger partial charge is 0.305 e. The number of carbonyl (C=O) groups is 2. The van der Waals surface area contributed by atoms with Crippen LogP contribution in [0.25, 0.3) is 0 Å². The zero-order valence-corrected chi connectivity index (χ0v) is 13.2. The van der Waals surface area contributed by atoms with E-state index in [1.54, 1.807) is 11.9 Å². The summed E-state index contributed by atoms with van der Waals surface area (Å²) in [5.41, 5.74) is 1.41. The first-order chi connectivity index (χ1) is 10.6. The summed E-state index contributed by atoms with van der Waals surface area (Å²) in [5.74, 6) is 0.282. The lowest BCUT2D eigenvalue weighted by molar-refractivity contribution is -0.138. The van der Waals surface area contributed by atoms with E-state index in [1.807, 2.05) is 6.07 Å². The van der Waals surface area contributed by atoms with Crippen LogP contribution in [0.3, 0.4) is 0 Å². The topological polar surface area (TPSA) is 57.6 Å². The number of carboxylic acids is 1. The van der Waals surface area contributed by atoms with Crippen LogP contribution in [-0.2, 0) is 9.59 Å². The molecule has 1 aromatic carbocycles. The molecule has 22 heavy (non-hydrogen) atoms. The van der Waals surface area contributed by atoms with Gasteiger partial charge in [0.15, 0.2) is 0 Å². The van der Waals surface area contributed by atoms with Crippen molar-refractivity contribution in [1.29, 1.82) is 0 Å². The summed E-state index contributed by atoms with van der Waals surface area (Å²) in [6.45, 7) is 0.299. The molecule has 1 saturated carbocycles. The zero-order valence-electron chi connectivity index (χ0n) is 13.2. The molecule has 1 aliphatic carbocycles. The van der Waals surface area contributed by atoms with Crippen LogP contribution < -0.4 is 0 Å². The first-order valence-electron chi connectivity index (χ1n) is 8.07. The number of rotatable bonds is 6. The number of aliphatic carboxylic acids is 1. The number of carboxylic acid groups (broad SMARTS) is 1. The maximum atomic E-state index is 12.1. The van der Waals surface area contributed by atoms with E-state index in [9.17, 15) is 9.59 Å². The van der Waals surface area contributed by atoms with E-state index in [1.165, 1.54) is 5.56 Å². The van der Waals surface area contributed by atoms with Crippen LogP contribution in [0.15, 0.2) is 30.3 Å². The van der Waals surface area contributed by atoms with Gasteiger partial charge in [-0.15, -0.1) is 0 Å². The highest BCUT2D eigenvalue weighted by Crippen LogP contribution is 2.37. The summed E-state index contributed by atoms with van der Waals surface area (Å²) in [6, 6.07) is 10.6. The molecule has 0 heterocycles. The van der Waals surface area contributed by atoms with E-state index >= 15 is 0 Å². The van der Waals surface area contributed by atoms with Crippen LogP contribution in [0.2, 0.25) is 0 Å². The Bertz CT molecular complexity index is 492. The summed E-state index contributed by atoms with van der Waals surface area (Å²) < 4.78 is 0. The van der Waals surface area contributed by atoms with Gasteiger partial charge in [-0.05, 0) is 43.1 Å². The third-order valence-electron chi connectivity index (χ3n) is 4.67. The molecule has 1 N–H and O–H groups in total. The summed E-state index contributed by atoms with van der Waals surface area (Å²) in [5, 5.41) is 8.67. The Morgan fingerprint density at radius 2 is 1.77 bits per heavy atom. The summed E-state index contributed by atoms with van der Waals surface area (Å²) >= 11 is 0. The molecule has 0 spiro atoms. The Balaban J connectivity index is 1.75. The number of hydrogen-bond acceptors (Lipinski definition) is 2. The lowest BCUT2D eigenvalue weighted by Crippen LogP contribution is -2.31. The molecule has 1 fully saturated rings. The monoisotopic (exact) mass is 303 g/mol. The molecule has 0 unspecified atom stereocenters. The second-order valence-corrected chi connectivity index (χ2v) is 6.29. The van der Waals surface area contributed by atoms with Crippen molar-refractivity contribution < 1.29 is 14.7 Å². The molecular formula is C18H25NO3. The van der Waals surface area contributed by atoms with Crippen molar-refractivity contribution >= 4 is 11.9 Å². The molecular weight excluding hydrogens is 278 g/mol. The van der Waals surface area contributed by atoms with Gasteiger partial charge in [-0.25, -0.2) is 0 Å². The number of benzene rings is 1. The minimum Gasteiger partial charge on any atom is -0.481 e. The summed E-state index contributed by atoms with van der Waals surface area (Å²) in [4.78, 5) is 24.2. The van der Waals surface area contributed by atoms with Gasteiger partial charge in [0.2, 0.25) is 5.91 Å². The number of hydrogen-bond donors (Lipinski definition) is 1. The zero-order chi connectivity index (χ0) is 15.9. The highest BCUT2D eigenvalue weighted by molar-refractivity contribution is 5.77. The molecule has 0 bridgehead atoms. The molecule has 120 valence electrons. The van der Waals surface area contributed by atoms with Crippen molar-refractivity contribution in [3.8, 4) is 0 Å². The quantitative estimate of drug-likeness (QED) is 0.877. The van der Waals surface area contributed by atoms with Crippen LogP contribution in [0.4, 0.5) is 0 Å². The normalized spacial score (nSPS) is 21.3. The van der Waals surface area contributed by atoms with Crippen LogP contribution >= 0.6 is 0 Å². The Morgan fingerprint density at radius 1 is 1.14 bits per heavy atom. The van der Waals surface area contributed by atoms with Gasteiger partial charge in [0.25, 0.3) is 0 Å². The molecule has 0 aliphatic heterocycles. The predicted molar refractivity (Wildman–Crippen MR) is 85.6 cm³/mol. The fourth-order valence-corrected chi connectivity index (χ4v) is 3.22. The average Bonchev–Trinajstić information content (AvgIpc) is 2.54. The summed E-state index contributed by atoms with van der Waals surface area (Å²) in [6.07, 6.45) is 5.01. The molecule has 4 heteroatoms. The summed E-state index contributed by atoms with van der Waals surface area (Å²) in [7, 11) is 1.70. The van der Waals surface area contributed by atoms with Crippen molar-refractivity contribution in [3.05, 3.63) is 35.9 Å². The molecule has 1 aliphatic rings. The van der Waals surface area contributed by atoms with Crippen molar-refractivity contribution in [2.45, 2.75) is 44.4 Å². The van der Waals surface area contributed by atoms with Crippen LogP contribution in [-0.4, -0.2) is 35.5 Å². The van der Waals surface area contributed by atoms with Gasteiger partial charge in [0.05, 0.1) is 6.42 Å². The first kappa shape index (κ1) is 16.5. The molecule has 2 rings (SSSR count). The molecule has 1 aromatic rings. The minimum absolute atomic E-state index is 0.0169. The second kappa shape index (κ2) is 7.97. The average molecular weight is 303 g/mol. The lowest BCUT2D eigenvalue weighted by Gasteiger charge is -2.29. The Hall–Kier alpha value is -1.84. The van der Waals surface area contributed by atoms with Crippen molar-refractivity contribution in [1.82, 2.24) is 4.90 Å². The molecule has 0 radical (unpaired) electrons. The van der Waals surface area contributed by atoms with Gasteiger partial charge in [-0.3, -0.25) is 9.59 Å². The third-order valence-corrected chi connectivity index (χ3v) is 4.67. The lowest BCUT2D eigenvalue weighted by atomic mass is 9.77. The molecule has 4 nitrogen and oxygen atoms in total. The maximum Gasteiger partial charge on any atom is 0.305 e. The van der Waals surface area contributed by atoms with Gasteiger partial charge in [0, 0.05) is 20.0 Å². The Morgan fingerprint density at radius 3 is 2.36 bits per heavy atom. The van der Waals surface area contributed by atoms with E-state index < -0.39 is 5.97 Å². The largest absolute Gasteiger partial charge is 0.481 e. The number of nitrogens with zero attached hydrogens (tertiary/aromatic N) is 1. The molecule has 0 atom stereocenters. The van der Waals surface area contributed by atoms with Gasteiger partial charge in [0.1, 0.15) is 0 Å². The van der Waals surface area contributed by atoms with E-state index in [0.717, 1.165) is 25.7 Å². The van der Waals surface area contributed by atoms with Gasteiger partial charge < -0.3 is 10.0 Å². The maximum absolute atomic E-state index is 12.1.